The van der Waals surface area contributed by atoms with Crippen LogP contribution in [0, 0.1) is 12.8 Å². The second kappa shape index (κ2) is 8.66. The molecule has 1 unspecified atom stereocenters. The molecule has 6 nitrogen and oxygen atoms in total. The van der Waals surface area contributed by atoms with Gasteiger partial charge in [-0.2, -0.15) is 0 Å². The van der Waals surface area contributed by atoms with Crippen molar-refractivity contribution in [1.29, 1.82) is 0 Å². The van der Waals surface area contributed by atoms with Crippen molar-refractivity contribution in [2.75, 3.05) is 18.4 Å². The first kappa shape index (κ1) is 18.9. The van der Waals surface area contributed by atoms with Crippen LogP contribution in [0.2, 0.25) is 0 Å². The highest BCUT2D eigenvalue weighted by Crippen LogP contribution is 2.22. The van der Waals surface area contributed by atoms with Crippen molar-refractivity contribution >= 4 is 17.6 Å². The van der Waals surface area contributed by atoms with Crippen LogP contribution >= 0.6 is 0 Å². The van der Waals surface area contributed by atoms with Crippen LogP contribution in [0.5, 0.6) is 5.75 Å². The third-order valence-electron chi connectivity index (χ3n) is 5.00. The number of phenols is 1. The van der Waals surface area contributed by atoms with Gasteiger partial charge < -0.3 is 15.3 Å². The summed E-state index contributed by atoms with van der Waals surface area (Å²) >= 11 is 0. The zero-order chi connectivity index (χ0) is 19.2. The van der Waals surface area contributed by atoms with E-state index in [9.17, 15) is 14.7 Å². The van der Waals surface area contributed by atoms with Crippen LogP contribution in [0.3, 0.4) is 0 Å². The molecular formula is C21H25N3O3. The minimum atomic E-state index is -0.228. The molecular weight excluding hydrogens is 342 g/mol. The number of amides is 2. The summed E-state index contributed by atoms with van der Waals surface area (Å²) in [6.07, 6.45) is 4.04. The van der Waals surface area contributed by atoms with Crippen molar-refractivity contribution in [3.8, 4) is 5.75 Å². The maximum absolute atomic E-state index is 12.6. The Balaban J connectivity index is 1.55. The maximum atomic E-state index is 12.6. The topological polar surface area (TPSA) is 82.5 Å². The number of benzene rings is 1. The summed E-state index contributed by atoms with van der Waals surface area (Å²) in [5.74, 6) is 0.492. The van der Waals surface area contributed by atoms with Crippen LogP contribution < -0.4 is 5.32 Å². The minimum Gasteiger partial charge on any atom is -0.508 e. The molecule has 6 heteroatoms. The molecule has 1 saturated heterocycles. The number of aromatic nitrogens is 1. The van der Waals surface area contributed by atoms with Gasteiger partial charge in [-0.15, -0.1) is 0 Å². The number of rotatable bonds is 5. The molecule has 2 amide bonds. The van der Waals surface area contributed by atoms with Crippen LogP contribution in [0.15, 0.2) is 42.6 Å². The Hall–Kier alpha value is -2.89. The van der Waals surface area contributed by atoms with Gasteiger partial charge in [-0.3, -0.25) is 9.59 Å². The average Bonchev–Trinajstić information content (AvgIpc) is 2.69. The highest BCUT2D eigenvalue weighted by atomic mass is 16.3. The van der Waals surface area contributed by atoms with Gasteiger partial charge in [0.25, 0.3) is 0 Å². The maximum Gasteiger partial charge on any atom is 0.230 e. The summed E-state index contributed by atoms with van der Waals surface area (Å²) in [5, 5.41) is 12.7. The van der Waals surface area contributed by atoms with Crippen molar-refractivity contribution in [2.24, 2.45) is 5.92 Å². The first-order chi connectivity index (χ1) is 13.0. The summed E-state index contributed by atoms with van der Waals surface area (Å²) < 4.78 is 0. The molecule has 2 N–H and O–H groups in total. The Bertz CT molecular complexity index is 822. The van der Waals surface area contributed by atoms with E-state index in [0.717, 1.165) is 24.0 Å². The van der Waals surface area contributed by atoms with Crippen molar-refractivity contribution in [3.63, 3.8) is 0 Å². The predicted octanol–water partition coefficient (Wildman–Crippen LogP) is 2.91. The number of anilines is 1. The number of nitrogens with one attached hydrogen (secondary N) is 1. The van der Waals surface area contributed by atoms with Gasteiger partial charge in [0.1, 0.15) is 11.6 Å². The van der Waals surface area contributed by atoms with Gasteiger partial charge in [0, 0.05) is 25.7 Å². The van der Waals surface area contributed by atoms with Gasteiger partial charge >= 0.3 is 0 Å². The van der Waals surface area contributed by atoms with Gasteiger partial charge in [-0.1, -0.05) is 24.3 Å². The number of pyridine rings is 1. The van der Waals surface area contributed by atoms with Crippen molar-refractivity contribution < 1.29 is 14.7 Å². The number of hydrogen-bond donors (Lipinski definition) is 2. The number of likely N-dealkylation sites (tertiary alicyclic amines) is 1. The second-order valence-electron chi connectivity index (χ2n) is 6.97. The highest BCUT2D eigenvalue weighted by molar-refractivity contribution is 5.93. The van der Waals surface area contributed by atoms with Crippen LogP contribution in [0.25, 0.3) is 0 Å². The van der Waals surface area contributed by atoms with Crippen LogP contribution in [0.4, 0.5) is 5.82 Å². The summed E-state index contributed by atoms with van der Waals surface area (Å²) in [5.41, 5.74) is 1.68. The Labute approximate surface area is 159 Å². The Morgan fingerprint density at radius 3 is 2.85 bits per heavy atom. The fraction of sp³-hybridized carbons (Fsp3) is 0.381. The van der Waals surface area contributed by atoms with E-state index in [1.54, 1.807) is 23.2 Å². The molecule has 0 spiro atoms. The number of carbonyl (C=O) groups excluding carboxylic acids is 2. The predicted molar refractivity (Wildman–Crippen MR) is 103 cm³/mol. The number of hydrogen-bond acceptors (Lipinski definition) is 4. The van der Waals surface area contributed by atoms with Gasteiger partial charge in [-0.05, 0) is 49.4 Å². The van der Waals surface area contributed by atoms with Crippen molar-refractivity contribution in [1.82, 2.24) is 9.88 Å². The zero-order valence-corrected chi connectivity index (χ0v) is 15.5. The van der Waals surface area contributed by atoms with Crippen molar-refractivity contribution in [3.05, 3.63) is 53.7 Å². The van der Waals surface area contributed by atoms with E-state index in [2.05, 4.69) is 10.3 Å². The van der Waals surface area contributed by atoms with E-state index in [4.69, 9.17) is 0 Å². The summed E-state index contributed by atoms with van der Waals surface area (Å²) in [4.78, 5) is 31.1. The number of piperidine rings is 1. The molecule has 27 heavy (non-hydrogen) atoms. The fourth-order valence-corrected chi connectivity index (χ4v) is 3.37. The molecule has 1 fully saturated rings. The third kappa shape index (κ3) is 4.84. The molecule has 1 aliphatic rings. The number of aryl methyl sites for hydroxylation is 2. The monoisotopic (exact) mass is 367 g/mol. The van der Waals surface area contributed by atoms with Crippen molar-refractivity contribution in [2.45, 2.75) is 32.6 Å². The van der Waals surface area contributed by atoms with E-state index in [-0.39, 0.29) is 23.5 Å². The first-order valence-electron chi connectivity index (χ1n) is 9.31. The number of phenolic OH excluding ortho intramolecular Hbond substituents is 1. The lowest BCUT2D eigenvalue weighted by molar-refractivity contribution is -0.134. The smallest absolute Gasteiger partial charge is 0.230 e. The molecule has 1 aromatic carbocycles. The summed E-state index contributed by atoms with van der Waals surface area (Å²) in [6.45, 7) is 3.00. The lowest BCUT2D eigenvalue weighted by Crippen LogP contribution is -2.44. The van der Waals surface area contributed by atoms with Gasteiger partial charge in [-0.25, -0.2) is 4.98 Å². The molecule has 2 heterocycles. The Kier molecular flexibility index (Phi) is 6.06. The standard InChI is InChI=1S/C21H25N3O3/c1-15-6-4-12-22-20(15)23-21(27)17-8-5-13-24(14-17)19(26)11-10-16-7-2-3-9-18(16)25/h2-4,6-7,9,12,17,25H,5,8,10-11,13-14H2,1H3,(H,22,23,27). The molecule has 1 atom stereocenters. The van der Waals surface area contributed by atoms with Crippen LogP contribution in [-0.2, 0) is 16.0 Å². The minimum absolute atomic E-state index is 0.0183. The molecule has 3 rings (SSSR count). The lowest BCUT2D eigenvalue weighted by atomic mass is 9.96. The molecule has 2 aromatic rings. The van der Waals surface area contributed by atoms with Gasteiger partial charge in [0.2, 0.25) is 11.8 Å². The number of para-hydroxylation sites is 1. The SMILES string of the molecule is Cc1cccnc1NC(=O)C1CCCN(C(=O)CCc2ccccc2O)C1. The zero-order valence-electron chi connectivity index (χ0n) is 15.5. The quantitative estimate of drug-likeness (QED) is 0.851. The fourth-order valence-electron chi connectivity index (χ4n) is 3.37. The third-order valence-corrected chi connectivity index (χ3v) is 5.00. The molecule has 0 radical (unpaired) electrons. The second-order valence-corrected chi connectivity index (χ2v) is 6.97. The first-order valence-corrected chi connectivity index (χ1v) is 9.31. The molecule has 1 aliphatic heterocycles. The molecule has 0 bridgehead atoms. The van der Waals surface area contributed by atoms with E-state index < -0.39 is 0 Å². The van der Waals surface area contributed by atoms with Gasteiger partial charge in [0.15, 0.2) is 0 Å². The Morgan fingerprint density at radius 1 is 1.26 bits per heavy atom. The van der Waals surface area contributed by atoms with Gasteiger partial charge in [0.05, 0.1) is 5.92 Å². The van der Waals surface area contributed by atoms with E-state index in [1.807, 2.05) is 31.2 Å². The van der Waals surface area contributed by atoms with Crippen LogP contribution in [-0.4, -0.2) is 39.9 Å². The highest BCUT2D eigenvalue weighted by Gasteiger charge is 2.28. The molecule has 1 aromatic heterocycles. The van der Waals surface area contributed by atoms with Crippen LogP contribution in [0.1, 0.15) is 30.4 Å². The molecule has 0 aliphatic carbocycles. The largest absolute Gasteiger partial charge is 0.508 e. The number of aromatic hydroxyl groups is 1. The Morgan fingerprint density at radius 2 is 2.07 bits per heavy atom. The van der Waals surface area contributed by atoms with E-state index in [0.29, 0.717) is 31.7 Å². The molecule has 142 valence electrons. The number of nitrogens with zero attached hydrogens (tertiary/aromatic N) is 2. The summed E-state index contributed by atoms with van der Waals surface area (Å²) in [6, 6.07) is 10.8. The average molecular weight is 367 g/mol. The normalized spacial score (nSPS) is 16.8. The summed E-state index contributed by atoms with van der Waals surface area (Å²) in [7, 11) is 0. The molecule has 0 saturated carbocycles. The lowest BCUT2D eigenvalue weighted by Gasteiger charge is -2.32. The van der Waals surface area contributed by atoms with E-state index >= 15 is 0 Å². The number of carbonyl (C=O) groups is 2. The van der Waals surface area contributed by atoms with E-state index in [1.165, 1.54) is 0 Å².